The van der Waals surface area contributed by atoms with Crippen LogP contribution in [0.5, 0.6) is 0 Å². The maximum absolute atomic E-state index is 12.5. The van der Waals surface area contributed by atoms with E-state index in [9.17, 15) is 9.59 Å². The van der Waals surface area contributed by atoms with Crippen LogP contribution in [0.3, 0.4) is 0 Å². The first kappa shape index (κ1) is 16.5. The first-order valence-corrected chi connectivity index (χ1v) is 9.72. The van der Waals surface area contributed by atoms with E-state index in [0.717, 1.165) is 23.4 Å². The van der Waals surface area contributed by atoms with Crippen LogP contribution in [0.25, 0.3) is 0 Å². The van der Waals surface area contributed by atoms with Crippen molar-refractivity contribution in [3.8, 4) is 0 Å². The fraction of sp³-hybridized carbons (Fsp3) is 0.476. The maximum atomic E-state index is 12.5. The highest BCUT2D eigenvalue weighted by Crippen LogP contribution is 2.60. The molecule has 6 heteroatoms. The van der Waals surface area contributed by atoms with Crippen molar-refractivity contribution in [2.45, 2.75) is 43.9 Å². The largest absolute Gasteiger partial charge is 0.459 e. The van der Waals surface area contributed by atoms with Crippen molar-refractivity contribution in [1.82, 2.24) is 15.8 Å². The van der Waals surface area contributed by atoms with Crippen molar-refractivity contribution >= 4 is 11.8 Å². The molecule has 0 spiro atoms. The SMILES string of the molecule is O=C(NNC(=O)c1ccco1)c1ccnc(C23CC4CC(CC(C4)C2)C3)c1. The molecule has 4 aliphatic carbocycles. The van der Waals surface area contributed by atoms with Crippen LogP contribution >= 0.6 is 0 Å². The van der Waals surface area contributed by atoms with Gasteiger partial charge in [-0.25, -0.2) is 0 Å². The summed E-state index contributed by atoms with van der Waals surface area (Å²) in [4.78, 5) is 29.1. The lowest BCUT2D eigenvalue weighted by molar-refractivity contribution is -0.00722. The number of amides is 2. The Balaban J connectivity index is 1.32. The monoisotopic (exact) mass is 365 g/mol. The number of hydrazine groups is 1. The van der Waals surface area contributed by atoms with E-state index in [1.54, 1.807) is 24.4 Å². The molecule has 0 radical (unpaired) electrons. The minimum Gasteiger partial charge on any atom is -0.459 e. The number of nitrogens with zero attached hydrogens (tertiary/aromatic N) is 1. The molecule has 0 aliphatic heterocycles. The quantitative estimate of drug-likeness (QED) is 0.818. The molecule has 6 rings (SSSR count). The summed E-state index contributed by atoms with van der Waals surface area (Å²) in [5.74, 6) is 1.79. The van der Waals surface area contributed by atoms with E-state index < -0.39 is 5.91 Å². The van der Waals surface area contributed by atoms with Crippen molar-refractivity contribution < 1.29 is 14.0 Å². The van der Waals surface area contributed by atoms with Crippen LogP contribution in [0.4, 0.5) is 0 Å². The third-order valence-corrected chi connectivity index (χ3v) is 6.64. The molecule has 0 saturated heterocycles. The van der Waals surface area contributed by atoms with Gasteiger partial charge in [0.15, 0.2) is 5.76 Å². The van der Waals surface area contributed by atoms with Gasteiger partial charge in [0.25, 0.3) is 5.91 Å². The van der Waals surface area contributed by atoms with Crippen molar-refractivity contribution in [2.24, 2.45) is 17.8 Å². The maximum Gasteiger partial charge on any atom is 0.305 e. The van der Waals surface area contributed by atoms with Gasteiger partial charge >= 0.3 is 5.91 Å². The molecular weight excluding hydrogens is 342 g/mol. The molecule has 0 unspecified atom stereocenters. The smallest absolute Gasteiger partial charge is 0.305 e. The Morgan fingerprint density at radius 1 is 1.00 bits per heavy atom. The van der Waals surface area contributed by atoms with Gasteiger partial charge in [-0.15, -0.1) is 0 Å². The van der Waals surface area contributed by atoms with Gasteiger partial charge in [0.05, 0.1) is 6.26 Å². The lowest BCUT2D eigenvalue weighted by atomic mass is 9.48. The highest BCUT2D eigenvalue weighted by molar-refractivity contribution is 5.97. The Hall–Kier alpha value is -2.63. The van der Waals surface area contributed by atoms with Crippen LogP contribution in [0, 0.1) is 17.8 Å². The van der Waals surface area contributed by atoms with E-state index >= 15 is 0 Å². The molecule has 27 heavy (non-hydrogen) atoms. The van der Waals surface area contributed by atoms with Crippen molar-refractivity contribution in [3.05, 3.63) is 53.7 Å². The Morgan fingerprint density at radius 2 is 1.67 bits per heavy atom. The molecule has 2 amide bonds. The standard InChI is InChI=1S/C21H23N3O3/c25-19(23-24-20(26)17-2-1-5-27-17)16-3-4-22-18(9-16)21-10-13-6-14(11-21)8-15(7-13)12-21/h1-5,9,13-15H,6-8,10-12H2,(H,23,25)(H,24,26). The number of aromatic nitrogens is 1. The Kier molecular flexibility index (Phi) is 3.81. The van der Waals surface area contributed by atoms with E-state index in [1.807, 2.05) is 6.07 Å². The van der Waals surface area contributed by atoms with E-state index in [4.69, 9.17) is 4.42 Å². The predicted octanol–water partition coefficient (Wildman–Crippen LogP) is 3.22. The number of hydrogen-bond donors (Lipinski definition) is 2. The molecule has 140 valence electrons. The van der Waals surface area contributed by atoms with Gasteiger partial charge in [0, 0.05) is 22.9 Å². The topological polar surface area (TPSA) is 84.2 Å². The van der Waals surface area contributed by atoms with Crippen LogP contribution in [-0.4, -0.2) is 16.8 Å². The van der Waals surface area contributed by atoms with E-state index in [2.05, 4.69) is 15.8 Å². The lowest BCUT2D eigenvalue weighted by Gasteiger charge is -2.56. The van der Waals surface area contributed by atoms with Gasteiger partial charge in [0.1, 0.15) is 0 Å². The third-order valence-electron chi connectivity index (χ3n) is 6.64. The van der Waals surface area contributed by atoms with E-state index in [1.165, 1.54) is 44.8 Å². The zero-order valence-corrected chi connectivity index (χ0v) is 15.1. The Morgan fingerprint density at radius 3 is 2.30 bits per heavy atom. The summed E-state index contributed by atoms with van der Waals surface area (Å²) in [6.07, 6.45) is 10.9. The zero-order chi connectivity index (χ0) is 18.4. The fourth-order valence-corrected chi connectivity index (χ4v) is 5.94. The molecule has 0 atom stereocenters. The van der Waals surface area contributed by atoms with Gasteiger partial charge in [-0.3, -0.25) is 25.4 Å². The first-order valence-electron chi connectivity index (χ1n) is 9.72. The van der Waals surface area contributed by atoms with Gasteiger partial charge in [-0.2, -0.15) is 0 Å². The van der Waals surface area contributed by atoms with E-state index in [-0.39, 0.29) is 17.1 Å². The minimum absolute atomic E-state index is 0.141. The van der Waals surface area contributed by atoms with Gasteiger partial charge in [-0.05, 0) is 80.5 Å². The number of rotatable bonds is 3. The molecule has 2 N–H and O–H groups in total. The first-order chi connectivity index (χ1) is 13.1. The average molecular weight is 365 g/mol. The number of pyridine rings is 1. The Labute approximate surface area is 157 Å². The van der Waals surface area contributed by atoms with Crippen LogP contribution < -0.4 is 10.9 Å². The zero-order valence-electron chi connectivity index (χ0n) is 15.1. The van der Waals surface area contributed by atoms with Crippen molar-refractivity contribution in [3.63, 3.8) is 0 Å². The number of nitrogens with one attached hydrogen (secondary N) is 2. The number of hydrogen-bond acceptors (Lipinski definition) is 4. The van der Waals surface area contributed by atoms with Crippen molar-refractivity contribution in [2.75, 3.05) is 0 Å². The molecule has 4 fully saturated rings. The lowest BCUT2D eigenvalue weighted by Crippen LogP contribution is -2.49. The summed E-state index contributed by atoms with van der Waals surface area (Å²) in [6, 6.07) is 6.77. The van der Waals surface area contributed by atoms with Gasteiger partial charge < -0.3 is 4.42 Å². The summed E-state index contributed by atoms with van der Waals surface area (Å²) in [5.41, 5.74) is 6.56. The second kappa shape index (κ2) is 6.22. The summed E-state index contributed by atoms with van der Waals surface area (Å²) in [5, 5.41) is 0. The average Bonchev–Trinajstić information content (AvgIpc) is 3.20. The molecule has 4 aliphatic rings. The molecule has 6 nitrogen and oxygen atoms in total. The third kappa shape index (κ3) is 2.93. The number of carbonyl (C=O) groups excluding carboxylic acids is 2. The molecule has 4 saturated carbocycles. The molecule has 2 heterocycles. The minimum atomic E-state index is -0.483. The van der Waals surface area contributed by atoms with Crippen molar-refractivity contribution in [1.29, 1.82) is 0 Å². The molecule has 2 aromatic rings. The fourth-order valence-electron chi connectivity index (χ4n) is 5.94. The summed E-state index contributed by atoms with van der Waals surface area (Å²) < 4.78 is 5.02. The summed E-state index contributed by atoms with van der Waals surface area (Å²) in [7, 11) is 0. The molecular formula is C21H23N3O3. The van der Waals surface area contributed by atoms with Crippen LogP contribution in [0.1, 0.15) is 65.1 Å². The highest BCUT2D eigenvalue weighted by Gasteiger charge is 2.52. The Bertz CT molecular complexity index is 839. The number of furan rings is 1. The predicted molar refractivity (Wildman–Crippen MR) is 97.7 cm³/mol. The van der Waals surface area contributed by atoms with Crippen LogP contribution in [0.15, 0.2) is 41.1 Å². The van der Waals surface area contributed by atoms with Gasteiger partial charge in [0.2, 0.25) is 0 Å². The van der Waals surface area contributed by atoms with E-state index in [0.29, 0.717) is 5.56 Å². The summed E-state index contributed by atoms with van der Waals surface area (Å²) >= 11 is 0. The number of carbonyl (C=O) groups is 2. The van der Waals surface area contributed by atoms with Gasteiger partial charge in [-0.1, -0.05) is 0 Å². The normalized spacial score (nSPS) is 30.9. The molecule has 4 bridgehead atoms. The molecule has 2 aromatic heterocycles. The van der Waals surface area contributed by atoms with Crippen LogP contribution in [-0.2, 0) is 5.41 Å². The summed E-state index contributed by atoms with van der Waals surface area (Å²) in [6.45, 7) is 0. The molecule has 0 aromatic carbocycles. The second-order valence-corrected chi connectivity index (χ2v) is 8.51. The van der Waals surface area contributed by atoms with Crippen LogP contribution in [0.2, 0.25) is 0 Å². The highest BCUT2D eigenvalue weighted by atomic mass is 16.3. The second-order valence-electron chi connectivity index (χ2n) is 8.51.